The first-order chi connectivity index (χ1) is 9.74. The van der Waals surface area contributed by atoms with Crippen LogP contribution in [-0.2, 0) is 6.42 Å². The molecule has 1 N–H and O–H groups in total. The summed E-state index contributed by atoms with van der Waals surface area (Å²) in [4.78, 5) is 8.64. The third-order valence-corrected chi connectivity index (χ3v) is 3.48. The Kier molecular flexibility index (Phi) is 3.44. The van der Waals surface area contributed by atoms with Gasteiger partial charge in [0.05, 0.1) is 11.6 Å². The third kappa shape index (κ3) is 2.53. The van der Waals surface area contributed by atoms with Crippen molar-refractivity contribution in [2.75, 3.05) is 0 Å². The lowest BCUT2D eigenvalue weighted by Gasteiger charge is -2.13. The second-order valence-electron chi connectivity index (χ2n) is 4.95. The van der Waals surface area contributed by atoms with Crippen molar-refractivity contribution >= 4 is 10.9 Å². The fraction of sp³-hybridized carbons (Fsp3) is 0.176. The van der Waals surface area contributed by atoms with Gasteiger partial charge in [0, 0.05) is 29.9 Å². The van der Waals surface area contributed by atoms with Gasteiger partial charge in [-0.3, -0.25) is 9.97 Å². The molecule has 0 aliphatic heterocycles. The maximum Gasteiger partial charge on any atom is 0.0849 e. The Morgan fingerprint density at radius 2 is 1.95 bits per heavy atom. The van der Waals surface area contributed by atoms with Gasteiger partial charge in [0.2, 0.25) is 0 Å². The van der Waals surface area contributed by atoms with Crippen LogP contribution in [0.5, 0.6) is 0 Å². The number of rotatable bonds is 3. The van der Waals surface area contributed by atoms with Gasteiger partial charge in [-0.2, -0.15) is 0 Å². The van der Waals surface area contributed by atoms with Gasteiger partial charge in [-0.1, -0.05) is 24.3 Å². The Balaban J connectivity index is 1.87. The largest absolute Gasteiger partial charge is 0.388 e. The maximum atomic E-state index is 10.4. The number of aliphatic hydroxyl groups is 1. The number of pyridine rings is 2. The molecule has 0 bridgehead atoms. The van der Waals surface area contributed by atoms with Crippen LogP contribution in [0.3, 0.4) is 0 Å². The quantitative estimate of drug-likeness (QED) is 0.790. The van der Waals surface area contributed by atoms with Crippen molar-refractivity contribution in [3.63, 3.8) is 0 Å². The third-order valence-electron chi connectivity index (χ3n) is 3.48. The van der Waals surface area contributed by atoms with Crippen molar-refractivity contribution in [2.24, 2.45) is 0 Å². The second-order valence-corrected chi connectivity index (χ2v) is 4.95. The number of aryl methyl sites for hydroxylation is 1. The van der Waals surface area contributed by atoms with Gasteiger partial charge in [-0.25, -0.2) is 0 Å². The van der Waals surface area contributed by atoms with Crippen LogP contribution < -0.4 is 0 Å². The number of aromatic nitrogens is 2. The summed E-state index contributed by atoms with van der Waals surface area (Å²) in [7, 11) is 0. The van der Waals surface area contributed by atoms with E-state index in [9.17, 15) is 5.11 Å². The molecule has 100 valence electrons. The molecular formula is C17H16N2O. The SMILES string of the molecule is Cc1cnccc1C(O)Cc1ccc2ccccc2n1. The summed E-state index contributed by atoms with van der Waals surface area (Å²) in [6.07, 6.45) is 3.44. The molecule has 0 saturated carbocycles. The molecule has 1 atom stereocenters. The van der Waals surface area contributed by atoms with Crippen LogP contribution in [0.1, 0.15) is 22.9 Å². The molecule has 3 aromatic rings. The minimum Gasteiger partial charge on any atom is -0.388 e. The highest BCUT2D eigenvalue weighted by molar-refractivity contribution is 5.78. The van der Waals surface area contributed by atoms with E-state index in [2.05, 4.69) is 9.97 Å². The van der Waals surface area contributed by atoms with E-state index < -0.39 is 6.10 Å². The number of aliphatic hydroxyl groups excluding tert-OH is 1. The number of hydrogen-bond donors (Lipinski definition) is 1. The summed E-state index contributed by atoms with van der Waals surface area (Å²) >= 11 is 0. The van der Waals surface area contributed by atoms with E-state index in [0.717, 1.165) is 27.7 Å². The van der Waals surface area contributed by atoms with Crippen molar-refractivity contribution in [1.29, 1.82) is 0 Å². The summed E-state index contributed by atoms with van der Waals surface area (Å²) in [6.45, 7) is 1.96. The van der Waals surface area contributed by atoms with Crippen LogP contribution in [0.15, 0.2) is 54.9 Å². The Morgan fingerprint density at radius 3 is 2.80 bits per heavy atom. The molecule has 0 fully saturated rings. The summed E-state index contributed by atoms with van der Waals surface area (Å²) in [5.41, 5.74) is 3.77. The zero-order valence-electron chi connectivity index (χ0n) is 11.3. The molecule has 0 spiro atoms. The number of benzene rings is 1. The molecule has 0 saturated heterocycles. The Hall–Kier alpha value is -2.26. The summed E-state index contributed by atoms with van der Waals surface area (Å²) in [5.74, 6) is 0. The average molecular weight is 264 g/mol. The molecule has 2 aromatic heterocycles. The zero-order chi connectivity index (χ0) is 13.9. The van der Waals surface area contributed by atoms with Gasteiger partial charge in [0.1, 0.15) is 0 Å². The van der Waals surface area contributed by atoms with Gasteiger partial charge in [0.15, 0.2) is 0 Å². The maximum absolute atomic E-state index is 10.4. The fourth-order valence-corrected chi connectivity index (χ4v) is 2.39. The van der Waals surface area contributed by atoms with Gasteiger partial charge >= 0.3 is 0 Å². The highest BCUT2D eigenvalue weighted by Gasteiger charge is 2.12. The first-order valence-corrected chi connectivity index (χ1v) is 6.67. The van der Waals surface area contributed by atoms with Crippen molar-refractivity contribution in [1.82, 2.24) is 9.97 Å². The van der Waals surface area contributed by atoms with E-state index in [4.69, 9.17) is 0 Å². The molecule has 3 heteroatoms. The van der Waals surface area contributed by atoms with Crippen molar-refractivity contribution < 1.29 is 5.11 Å². The Morgan fingerprint density at radius 1 is 1.10 bits per heavy atom. The van der Waals surface area contributed by atoms with Crippen LogP contribution in [0.25, 0.3) is 10.9 Å². The van der Waals surface area contributed by atoms with E-state index in [1.165, 1.54) is 0 Å². The second kappa shape index (κ2) is 5.39. The lowest BCUT2D eigenvalue weighted by molar-refractivity contribution is 0.176. The predicted octanol–water partition coefficient (Wildman–Crippen LogP) is 3.21. The molecule has 1 unspecified atom stereocenters. The minimum atomic E-state index is -0.549. The van der Waals surface area contributed by atoms with Crippen LogP contribution in [0.4, 0.5) is 0 Å². The molecule has 3 rings (SSSR count). The van der Waals surface area contributed by atoms with Crippen LogP contribution in [0, 0.1) is 6.92 Å². The monoisotopic (exact) mass is 264 g/mol. The lowest BCUT2D eigenvalue weighted by atomic mass is 10.0. The van der Waals surface area contributed by atoms with Gasteiger partial charge in [-0.05, 0) is 36.2 Å². The number of para-hydroxylation sites is 1. The Bertz CT molecular complexity index is 740. The van der Waals surface area contributed by atoms with E-state index in [1.807, 2.05) is 49.4 Å². The van der Waals surface area contributed by atoms with E-state index in [0.29, 0.717) is 6.42 Å². The average Bonchev–Trinajstić information content (AvgIpc) is 2.47. The molecule has 2 heterocycles. The zero-order valence-corrected chi connectivity index (χ0v) is 11.3. The van der Waals surface area contributed by atoms with Crippen molar-refractivity contribution in [3.8, 4) is 0 Å². The van der Waals surface area contributed by atoms with Crippen molar-refractivity contribution in [2.45, 2.75) is 19.4 Å². The molecule has 3 nitrogen and oxygen atoms in total. The summed E-state index contributed by atoms with van der Waals surface area (Å²) in [5, 5.41) is 11.5. The summed E-state index contributed by atoms with van der Waals surface area (Å²) in [6, 6.07) is 13.9. The first-order valence-electron chi connectivity index (χ1n) is 6.67. The molecule has 0 aliphatic carbocycles. The van der Waals surface area contributed by atoms with Gasteiger partial charge in [0.25, 0.3) is 0 Å². The molecule has 0 radical (unpaired) electrons. The minimum absolute atomic E-state index is 0.510. The standard InChI is InChI=1S/C17H16N2O/c1-12-11-18-9-8-15(12)17(20)10-14-7-6-13-4-2-3-5-16(13)19-14/h2-9,11,17,20H,10H2,1H3. The molecule has 0 aliphatic rings. The Labute approximate surface area is 117 Å². The summed E-state index contributed by atoms with van der Waals surface area (Å²) < 4.78 is 0. The molecule has 1 aromatic carbocycles. The van der Waals surface area contributed by atoms with Gasteiger partial charge < -0.3 is 5.11 Å². The predicted molar refractivity (Wildman–Crippen MR) is 79.4 cm³/mol. The normalized spacial score (nSPS) is 12.5. The number of fused-ring (bicyclic) bond motifs is 1. The fourth-order valence-electron chi connectivity index (χ4n) is 2.39. The topological polar surface area (TPSA) is 46.0 Å². The molecule has 20 heavy (non-hydrogen) atoms. The highest BCUT2D eigenvalue weighted by atomic mass is 16.3. The van der Waals surface area contributed by atoms with Crippen LogP contribution >= 0.6 is 0 Å². The molecule has 0 amide bonds. The first kappa shape index (κ1) is 12.8. The molecular weight excluding hydrogens is 248 g/mol. The van der Waals surface area contributed by atoms with E-state index in [1.54, 1.807) is 12.4 Å². The van der Waals surface area contributed by atoms with E-state index in [-0.39, 0.29) is 0 Å². The van der Waals surface area contributed by atoms with E-state index >= 15 is 0 Å². The smallest absolute Gasteiger partial charge is 0.0849 e. The van der Waals surface area contributed by atoms with Crippen molar-refractivity contribution in [3.05, 3.63) is 71.7 Å². The number of nitrogens with zero attached hydrogens (tertiary/aromatic N) is 2. The van der Waals surface area contributed by atoms with Crippen LogP contribution in [0.2, 0.25) is 0 Å². The highest BCUT2D eigenvalue weighted by Crippen LogP contribution is 2.21. The van der Waals surface area contributed by atoms with Gasteiger partial charge in [-0.15, -0.1) is 0 Å². The lowest BCUT2D eigenvalue weighted by Crippen LogP contribution is -2.05. The number of hydrogen-bond acceptors (Lipinski definition) is 3. The van der Waals surface area contributed by atoms with Crippen LogP contribution in [-0.4, -0.2) is 15.1 Å².